The van der Waals surface area contributed by atoms with Crippen LogP contribution in [0.1, 0.15) is 16.2 Å². The van der Waals surface area contributed by atoms with Crippen LogP contribution in [0.5, 0.6) is 0 Å². The molecule has 0 bridgehead atoms. The van der Waals surface area contributed by atoms with E-state index in [1.807, 2.05) is 0 Å². The summed E-state index contributed by atoms with van der Waals surface area (Å²) in [4.78, 5) is 14.6. The Morgan fingerprint density at radius 3 is 2.55 bits per heavy atom. The molecule has 0 saturated carbocycles. The number of hydrogen-bond donors (Lipinski definition) is 1. The summed E-state index contributed by atoms with van der Waals surface area (Å²) in [5.41, 5.74) is -0.273. The van der Waals surface area contributed by atoms with Crippen molar-refractivity contribution >= 4 is 11.6 Å². The van der Waals surface area contributed by atoms with E-state index < -0.39 is 23.5 Å². The molecule has 1 aromatic carbocycles. The minimum Gasteiger partial charge on any atom is -0.475 e. The lowest BCUT2D eigenvalue weighted by atomic mass is 10.0. The van der Waals surface area contributed by atoms with E-state index in [0.717, 1.165) is 10.6 Å². The number of rotatable bonds is 2. The van der Waals surface area contributed by atoms with Gasteiger partial charge < -0.3 is 5.11 Å². The van der Waals surface area contributed by atoms with Crippen molar-refractivity contribution in [3.8, 4) is 11.1 Å². The van der Waals surface area contributed by atoms with Crippen LogP contribution in [0.2, 0.25) is 0 Å². The van der Waals surface area contributed by atoms with E-state index in [-0.39, 0.29) is 16.8 Å². The third-order valence-corrected chi connectivity index (χ3v) is 3.07. The van der Waals surface area contributed by atoms with E-state index in [4.69, 9.17) is 5.11 Å². The van der Waals surface area contributed by atoms with E-state index in [2.05, 4.69) is 10.1 Å². The lowest BCUT2D eigenvalue weighted by molar-refractivity contribution is -0.137. The number of carboxylic acid groups (broad SMARTS) is 1. The summed E-state index contributed by atoms with van der Waals surface area (Å²) >= 11 is 0. The van der Waals surface area contributed by atoms with Crippen molar-refractivity contribution in [3.63, 3.8) is 0 Å². The molecule has 0 spiro atoms. The van der Waals surface area contributed by atoms with Crippen LogP contribution < -0.4 is 0 Å². The second kappa shape index (κ2) is 4.83. The van der Waals surface area contributed by atoms with E-state index in [1.165, 1.54) is 36.5 Å². The molecule has 0 radical (unpaired) electrons. The van der Waals surface area contributed by atoms with Crippen LogP contribution in [0.4, 0.5) is 13.2 Å². The zero-order valence-corrected chi connectivity index (χ0v) is 10.9. The largest absolute Gasteiger partial charge is 0.475 e. The summed E-state index contributed by atoms with van der Waals surface area (Å²) in [7, 11) is 0. The second-order valence-corrected chi connectivity index (χ2v) is 4.50. The molecule has 0 fully saturated rings. The molecule has 2 heterocycles. The number of nitrogens with zero attached hydrogens (tertiary/aromatic N) is 3. The van der Waals surface area contributed by atoms with Crippen LogP contribution in [-0.4, -0.2) is 25.7 Å². The maximum Gasteiger partial charge on any atom is 0.417 e. The fraction of sp³-hybridized carbons (Fsp3) is 0.0714. The summed E-state index contributed by atoms with van der Waals surface area (Å²) in [5, 5.41) is 12.6. The third-order valence-electron chi connectivity index (χ3n) is 3.07. The number of aromatic carboxylic acids is 1. The van der Waals surface area contributed by atoms with Gasteiger partial charge in [0.15, 0.2) is 5.65 Å². The number of aromatic nitrogens is 3. The number of benzene rings is 1. The van der Waals surface area contributed by atoms with Gasteiger partial charge in [0.2, 0.25) is 0 Å². The van der Waals surface area contributed by atoms with Gasteiger partial charge in [-0.3, -0.25) is 0 Å². The van der Waals surface area contributed by atoms with E-state index >= 15 is 0 Å². The molecule has 22 heavy (non-hydrogen) atoms. The van der Waals surface area contributed by atoms with Crippen molar-refractivity contribution in [2.24, 2.45) is 0 Å². The van der Waals surface area contributed by atoms with Crippen molar-refractivity contribution < 1.29 is 23.1 Å². The topological polar surface area (TPSA) is 67.5 Å². The summed E-state index contributed by atoms with van der Waals surface area (Å²) < 4.78 is 40.3. The van der Waals surface area contributed by atoms with Gasteiger partial charge in [-0.25, -0.2) is 14.3 Å². The van der Waals surface area contributed by atoms with Gasteiger partial charge >= 0.3 is 12.1 Å². The molecule has 3 aromatic rings. The van der Waals surface area contributed by atoms with Gasteiger partial charge in [0.1, 0.15) is 0 Å². The summed E-state index contributed by atoms with van der Waals surface area (Å²) in [6, 6.07) is 8.01. The second-order valence-electron chi connectivity index (χ2n) is 4.50. The number of pyridine rings is 1. The Morgan fingerprint density at radius 2 is 1.86 bits per heavy atom. The maximum absolute atomic E-state index is 13.0. The predicted octanol–water partition coefficient (Wildman–Crippen LogP) is 3.11. The van der Waals surface area contributed by atoms with Crippen LogP contribution in [-0.2, 0) is 6.18 Å². The highest BCUT2D eigenvalue weighted by atomic mass is 19.4. The van der Waals surface area contributed by atoms with Crippen molar-refractivity contribution in [2.45, 2.75) is 6.18 Å². The van der Waals surface area contributed by atoms with Gasteiger partial charge in [-0.15, -0.1) is 5.10 Å². The average molecular weight is 307 g/mol. The molecule has 0 aliphatic heterocycles. The summed E-state index contributed by atoms with van der Waals surface area (Å²) in [6.45, 7) is 0. The molecular weight excluding hydrogens is 299 g/mol. The zero-order valence-electron chi connectivity index (χ0n) is 10.9. The highest BCUT2D eigenvalue weighted by Crippen LogP contribution is 2.36. The molecule has 2 aromatic heterocycles. The number of fused-ring (bicyclic) bond motifs is 1. The van der Waals surface area contributed by atoms with Gasteiger partial charge in [-0.1, -0.05) is 18.2 Å². The van der Waals surface area contributed by atoms with Crippen LogP contribution in [0.15, 0.2) is 42.6 Å². The fourth-order valence-corrected chi connectivity index (χ4v) is 2.12. The van der Waals surface area contributed by atoms with Crippen molar-refractivity contribution in [2.75, 3.05) is 0 Å². The van der Waals surface area contributed by atoms with Gasteiger partial charge in [-0.05, 0) is 23.8 Å². The quantitative estimate of drug-likeness (QED) is 0.790. The molecule has 1 N–H and O–H groups in total. The highest BCUT2D eigenvalue weighted by molar-refractivity contribution is 5.83. The lowest BCUT2D eigenvalue weighted by Crippen LogP contribution is -2.07. The Kier molecular flexibility index (Phi) is 3.09. The maximum atomic E-state index is 13.0. The molecule has 0 atom stereocenters. The number of carbonyl (C=O) groups is 1. The normalized spacial score (nSPS) is 11.8. The minimum absolute atomic E-state index is 0.00993. The minimum atomic E-state index is -4.49. The Hall–Kier alpha value is -2.90. The van der Waals surface area contributed by atoms with Gasteiger partial charge in [0, 0.05) is 11.8 Å². The number of hydrogen-bond acceptors (Lipinski definition) is 3. The molecule has 0 aliphatic rings. The van der Waals surface area contributed by atoms with Crippen molar-refractivity contribution in [1.82, 2.24) is 14.6 Å². The first-order valence-corrected chi connectivity index (χ1v) is 6.12. The van der Waals surface area contributed by atoms with E-state index in [0.29, 0.717) is 0 Å². The fourth-order valence-electron chi connectivity index (χ4n) is 2.12. The predicted molar refractivity (Wildman–Crippen MR) is 70.4 cm³/mol. The van der Waals surface area contributed by atoms with E-state index in [9.17, 15) is 18.0 Å². The average Bonchev–Trinajstić information content (AvgIpc) is 2.89. The van der Waals surface area contributed by atoms with Crippen LogP contribution in [0, 0.1) is 0 Å². The Labute approximate surface area is 121 Å². The van der Waals surface area contributed by atoms with E-state index in [1.54, 1.807) is 0 Å². The highest BCUT2D eigenvalue weighted by Gasteiger charge is 2.33. The van der Waals surface area contributed by atoms with Crippen molar-refractivity contribution in [3.05, 3.63) is 54.0 Å². The lowest BCUT2D eigenvalue weighted by Gasteiger charge is -2.12. The van der Waals surface area contributed by atoms with Gasteiger partial charge in [0.25, 0.3) is 5.82 Å². The van der Waals surface area contributed by atoms with Crippen LogP contribution >= 0.6 is 0 Å². The molecule has 8 heteroatoms. The summed E-state index contributed by atoms with van der Waals surface area (Å²) in [6.07, 6.45) is -3.17. The standard InChI is InChI=1S/C14H8F3N3O2/c15-14(16,17)10-4-2-1-3-9(10)8-5-6-11-18-12(13(21)22)19-20(11)7-8/h1-7H,(H,21,22). The Bertz CT molecular complexity index is 871. The molecule has 0 saturated heterocycles. The molecular formula is C14H8F3N3O2. The zero-order chi connectivity index (χ0) is 15.9. The Morgan fingerprint density at radius 1 is 1.14 bits per heavy atom. The van der Waals surface area contributed by atoms with Gasteiger partial charge in [0.05, 0.1) is 5.56 Å². The molecule has 0 amide bonds. The molecule has 0 aliphatic carbocycles. The van der Waals surface area contributed by atoms with Crippen LogP contribution in [0.3, 0.4) is 0 Å². The number of carboxylic acids is 1. The van der Waals surface area contributed by atoms with Crippen molar-refractivity contribution in [1.29, 1.82) is 0 Å². The first-order chi connectivity index (χ1) is 10.4. The first-order valence-electron chi connectivity index (χ1n) is 6.12. The number of alkyl halides is 3. The van der Waals surface area contributed by atoms with Gasteiger partial charge in [-0.2, -0.15) is 13.2 Å². The Balaban J connectivity index is 2.17. The smallest absolute Gasteiger partial charge is 0.417 e. The number of halogens is 3. The third kappa shape index (κ3) is 2.39. The summed E-state index contributed by atoms with van der Waals surface area (Å²) in [5.74, 6) is -1.72. The molecule has 112 valence electrons. The molecule has 0 unspecified atom stereocenters. The first kappa shape index (κ1) is 14.1. The SMILES string of the molecule is O=C(O)c1nc2ccc(-c3ccccc3C(F)(F)F)cn2n1. The monoisotopic (exact) mass is 307 g/mol. The van der Waals surface area contributed by atoms with Crippen LogP contribution in [0.25, 0.3) is 16.8 Å². The molecule has 5 nitrogen and oxygen atoms in total. The molecule has 3 rings (SSSR count).